The molecule has 0 radical (unpaired) electrons. The number of carbonyl (C=O) groups is 1. The highest BCUT2D eigenvalue weighted by atomic mass is 35.5. The number of nitrogens with zero attached hydrogens (tertiary/aromatic N) is 6. The van der Waals surface area contributed by atoms with Crippen LogP contribution < -0.4 is 9.64 Å². The minimum absolute atomic E-state index is 0.334. The molecule has 9 nitrogen and oxygen atoms in total. The maximum atomic E-state index is 11.2. The number of piperidine rings is 1. The van der Waals surface area contributed by atoms with Crippen molar-refractivity contribution < 1.29 is 14.6 Å². The number of likely N-dealkylation sites (tertiary alicyclic amines) is 2. The Bertz CT molecular complexity index is 1500. The quantitative estimate of drug-likeness (QED) is 0.383. The Morgan fingerprint density at radius 2 is 1.74 bits per heavy atom. The lowest BCUT2D eigenvalue weighted by molar-refractivity contribution is 0.102. The van der Waals surface area contributed by atoms with Gasteiger partial charge in [-0.3, -0.25) is 4.90 Å². The first-order valence-corrected chi connectivity index (χ1v) is 15.3. The molecule has 1 amide bonds. The summed E-state index contributed by atoms with van der Waals surface area (Å²) in [5, 5.41) is 19.1. The third-order valence-corrected chi connectivity index (χ3v) is 9.68. The van der Waals surface area contributed by atoms with Gasteiger partial charge in [0.25, 0.3) is 0 Å². The molecule has 1 N–H and O–H groups in total. The average molecular weight is 601 g/mol. The fourth-order valence-corrected chi connectivity index (χ4v) is 7.07. The normalized spacial score (nSPS) is 21.1. The summed E-state index contributed by atoms with van der Waals surface area (Å²) in [6.45, 7) is 9.86. The van der Waals surface area contributed by atoms with Gasteiger partial charge in [0, 0.05) is 61.9 Å². The molecule has 10 heteroatoms. The molecule has 224 valence electrons. The van der Waals surface area contributed by atoms with Crippen LogP contribution in [0, 0.1) is 23.2 Å². The maximum Gasteiger partial charge on any atom is 0.407 e. The number of carboxylic acid groups (broad SMARTS) is 1. The number of amides is 1. The first-order chi connectivity index (χ1) is 20.7. The molecule has 0 spiro atoms. The third-order valence-electron chi connectivity index (χ3n) is 9.46. The predicted octanol–water partition coefficient (Wildman–Crippen LogP) is 5.42. The van der Waals surface area contributed by atoms with E-state index in [0.717, 1.165) is 67.5 Å². The van der Waals surface area contributed by atoms with Gasteiger partial charge in [-0.15, -0.1) is 0 Å². The maximum absolute atomic E-state index is 11.2. The van der Waals surface area contributed by atoms with E-state index in [1.54, 1.807) is 6.07 Å². The number of hydrogen-bond donors (Lipinski definition) is 1. The minimum atomic E-state index is -0.802. The number of rotatable bonds is 7. The van der Waals surface area contributed by atoms with Crippen molar-refractivity contribution in [2.75, 3.05) is 44.2 Å². The van der Waals surface area contributed by atoms with E-state index in [2.05, 4.69) is 46.8 Å². The highest BCUT2D eigenvalue weighted by molar-refractivity contribution is 6.30. The Morgan fingerprint density at radius 3 is 2.40 bits per heavy atom. The van der Waals surface area contributed by atoms with Crippen molar-refractivity contribution in [3.8, 4) is 11.8 Å². The molecule has 3 fully saturated rings. The number of fused-ring (bicyclic) bond motifs is 1. The first kappa shape index (κ1) is 29.2. The van der Waals surface area contributed by atoms with E-state index in [4.69, 9.17) is 21.3 Å². The molecule has 43 heavy (non-hydrogen) atoms. The molecule has 6 rings (SSSR count). The Kier molecular flexibility index (Phi) is 8.17. The molecule has 0 saturated carbocycles. The largest absolute Gasteiger partial charge is 0.487 e. The van der Waals surface area contributed by atoms with E-state index in [1.807, 2.05) is 36.5 Å². The average Bonchev–Trinajstić information content (AvgIpc) is 3.60. The summed E-state index contributed by atoms with van der Waals surface area (Å²) < 4.78 is 6.10. The number of benzene rings is 2. The van der Waals surface area contributed by atoms with Crippen LogP contribution in [-0.2, 0) is 12.0 Å². The fourth-order valence-electron chi connectivity index (χ4n) is 6.84. The number of halogens is 1. The molecular formula is C33H37ClN6O3. The van der Waals surface area contributed by atoms with Crippen molar-refractivity contribution in [1.29, 1.82) is 5.26 Å². The minimum Gasteiger partial charge on any atom is -0.487 e. The zero-order valence-corrected chi connectivity index (χ0v) is 25.4. The van der Waals surface area contributed by atoms with Crippen molar-refractivity contribution in [2.24, 2.45) is 11.8 Å². The number of hydrogen-bond acceptors (Lipinski definition) is 7. The van der Waals surface area contributed by atoms with Gasteiger partial charge in [-0.25, -0.2) is 14.8 Å². The number of anilines is 1. The summed E-state index contributed by atoms with van der Waals surface area (Å²) in [5.74, 6) is 2.69. The van der Waals surface area contributed by atoms with Crippen LogP contribution in [0.4, 0.5) is 10.7 Å². The summed E-state index contributed by atoms with van der Waals surface area (Å²) >= 11 is 6.27. The number of ether oxygens (including phenoxy) is 1. The van der Waals surface area contributed by atoms with Crippen LogP contribution in [0.15, 0.2) is 54.7 Å². The van der Waals surface area contributed by atoms with Crippen molar-refractivity contribution in [1.82, 2.24) is 19.8 Å². The summed E-state index contributed by atoms with van der Waals surface area (Å²) in [5.41, 5.74) is 3.13. The summed E-state index contributed by atoms with van der Waals surface area (Å²) in [7, 11) is 0. The Hall–Kier alpha value is -3.87. The lowest BCUT2D eigenvalue weighted by atomic mass is 9.78. The number of nitriles is 1. The smallest absolute Gasteiger partial charge is 0.407 e. The van der Waals surface area contributed by atoms with Gasteiger partial charge in [0.15, 0.2) is 0 Å². The van der Waals surface area contributed by atoms with E-state index in [-0.39, 0.29) is 5.41 Å². The number of aromatic nitrogens is 2. The van der Waals surface area contributed by atoms with Crippen LogP contribution in [0.25, 0.3) is 0 Å². The van der Waals surface area contributed by atoms with Crippen molar-refractivity contribution in [3.05, 3.63) is 82.1 Å². The van der Waals surface area contributed by atoms with Crippen LogP contribution in [0.3, 0.4) is 0 Å². The zero-order chi connectivity index (χ0) is 30.1. The Morgan fingerprint density at radius 1 is 1.05 bits per heavy atom. The third kappa shape index (κ3) is 6.27. The standard InChI is InChI=1S/C33H37ClN6O3/c1-33(2,26-13-22(16-35)14-27(34)15-26)25-3-5-30(6-4-25)43-21-28-7-10-36-31(37-28)40-19-23-17-39(18-24(23)20-40)29-8-11-38(12-9-29)32(41)42/h3-7,10,13-15,23-24,29H,8-9,11-12,17-21H2,1-2H3,(H,41,42). The van der Waals surface area contributed by atoms with Gasteiger partial charge in [0.1, 0.15) is 12.4 Å². The van der Waals surface area contributed by atoms with E-state index in [9.17, 15) is 15.2 Å². The molecule has 3 saturated heterocycles. The van der Waals surface area contributed by atoms with E-state index in [0.29, 0.717) is 48.2 Å². The van der Waals surface area contributed by atoms with Crippen molar-refractivity contribution in [3.63, 3.8) is 0 Å². The Labute approximate surface area is 257 Å². The van der Waals surface area contributed by atoms with Crippen LogP contribution >= 0.6 is 11.6 Å². The SMILES string of the molecule is CC(C)(c1ccc(OCc2ccnc(N3CC4CN(C5CCN(C(=O)O)CC5)CC4C3)n2)cc1)c1cc(Cl)cc(C#N)c1. The van der Waals surface area contributed by atoms with Gasteiger partial charge in [0.05, 0.1) is 17.3 Å². The van der Waals surface area contributed by atoms with Gasteiger partial charge in [-0.1, -0.05) is 37.6 Å². The van der Waals surface area contributed by atoms with E-state index >= 15 is 0 Å². The van der Waals surface area contributed by atoms with Crippen LogP contribution in [0.1, 0.15) is 49.1 Å². The first-order valence-electron chi connectivity index (χ1n) is 14.9. The summed E-state index contributed by atoms with van der Waals surface area (Å²) in [6.07, 6.45) is 2.85. The van der Waals surface area contributed by atoms with Crippen LogP contribution in [0.5, 0.6) is 5.75 Å². The van der Waals surface area contributed by atoms with Gasteiger partial charge in [-0.05, 0) is 72.2 Å². The molecule has 3 aliphatic rings. The second-order valence-electron chi connectivity index (χ2n) is 12.5. The molecule has 3 aromatic rings. The van der Waals surface area contributed by atoms with Crippen molar-refractivity contribution in [2.45, 2.75) is 44.8 Å². The van der Waals surface area contributed by atoms with E-state index < -0.39 is 6.09 Å². The molecule has 0 aliphatic carbocycles. The molecule has 4 heterocycles. The molecular weight excluding hydrogens is 564 g/mol. The molecule has 3 aliphatic heterocycles. The van der Waals surface area contributed by atoms with Crippen molar-refractivity contribution >= 4 is 23.6 Å². The fraction of sp³-hybridized carbons (Fsp3) is 0.455. The summed E-state index contributed by atoms with van der Waals surface area (Å²) in [4.78, 5) is 27.1. The second kappa shape index (κ2) is 12.0. The molecule has 2 aromatic carbocycles. The summed E-state index contributed by atoms with van der Waals surface area (Å²) in [6, 6.07) is 18.1. The topological polar surface area (TPSA) is 106 Å². The molecule has 2 atom stereocenters. The Balaban J connectivity index is 1.03. The zero-order valence-electron chi connectivity index (χ0n) is 24.6. The monoisotopic (exact) mass is 600 g/mol. The van der Waals surface area contributed by atoms with Crippen LogP contribution in [-0.4, -0.2) is 76.3 Å². The van der Waals surface area contributed by atoms with Crippen LogP contribution in [0.2, 0.25) is 5.02 Å². The highest BCUT2D eigenvalue weighted by Crippen LogP contribution is 2.36. The van der Waals surface area contributed by atoms with E-state index in [1.165, 1.54) is 4.90 Å². The van der Waals surface area contributed by atoms with Gasteiger partial charge in [-0.2, -0.15) is 5.26 Å². The van der Waals surface area contributed by atoms with Gasteiger partial charge in [0.2, 0.25) is 5.95 Å². The molecule has 0 bridgehead atoms. The lowest BCUT2D eigenvalue weighted by Crippen LogP contribution is -2.46. The molecule has 1 aromatic heterocycles. The van der Waals surface area contributed by atoms with Gasteiger partial charge >= 0.3 is 6.09 Å². The lowest BCUT2D eigenvalue weighted by Gasteiger charge is -2.36. The highest BCUT2D eigenvalue weighted by Gasteiger charge is 2.43. The van der Waals surface area contributed by atoms with Gasteiger partial charge < -0.3 is 19.6 Å². The predicted molar refractivity (Wildman–Crippen MR) is 164 cm³/mol. The molecule has 2 unspecified atom stereocenters. The second-order valence-corrected chi connectivity index (χ2v) is 12.9.